The highest BCUT2D eigenvalue weighted by atomic mass is 79.9. The fraction of sp³-hybridized carbons (Fsp3) is 0.250. The van der Waals surface area contributed by atoms with Crippen molar-refractivity contribution in [3.8, 4) is 0 Å². The lowest BCUT2D eigenvalue weighted by Crippen LogP contribution is -2.29. The number of carbonyl (C=O) groups is 1. The van der Waals surface area contributed by atoms with E-state index in [0.29, 0.717) is 16.2 Å². The van der Waals surface area contributed by atoms with E-state index in [-0.39, 0.29) is 11.2 Å². The summed E-state index contributed by atoms with van der Waals surface area (Å²) in [4.78, 5) is 20.5. The van der Waals surface area contributed by atoms with Crippen LogP contribution in [0.4, 0.5) is 0 Å². The molecule has 1 aliphatic rings. The Balaban J connectivity index is 2.08. The second-order valence-corrected chi connectivity index (χ2v) is 6.51. The Bertz CT molecular complexity index is 661. The maximum Gasteiger partial charge on any atom is 0.191 e. The van der Waals surface area contributed by atoms with Gasteiger partial charge < -0.3 is 0 Å². The Kier molecular flexibility index (Phi) is 3.75. The summed E-state index contributed by atoms with van der Waals surface area (Å²) in [5.74, 6) is 1.02. The monoisotopic (exact) mass is 357 g/mol. The molecule has 0 spiro atoms. The number of fused-ring (bicyclic) bond motifs is 1. The maximum absolute atomic E-state index is 12.4. The Morgan fingerprint density at radius 2 is 2.32 bits per heavy atom. The van der Waals surface area contributed by atoms with Gasteiger partial charge in [-0.3, -0.25) is 10.1 Å². The lowest BCUT2D eigenvalue weighted by atomic mass is 10.1. The normalized spacial score (nSPS) is 18.9. The van der Waals surface area contributed by atoms with Gasteiger partial charge in [0, 0.05) is 27.7 Å². The molecule has 0 aliphatic carbocycles. The summed E-state index contributed by atoms with van der Waals surface area (Å²) in [6.07, 6.45) is 1.40. The van der Waals surface area contributed by atoms with Gasteiger partial charge in [0.2, 0.25) is 0 Å². The molecule has 2 heterocycles. The third kappa shape index (κ3) is 2.50. The van der Waals surface area contributed by atoms with E-state index in [1.165, 1.54) is 6.33 Å². The molecule has 7 heteroatoms. The first-order chi connectivity index (χ1) is 9.16. The highest BCUT2D eigenvalue weighted by Gasteiger charge is 2.26. The number of nitrogens with one attached hydrogen (secondary N) is 1. The van der Waals surface area contributed by atoms with E-state index in [1.807, 2.05) is 0 Å². The smallest absolute Gasteiger partial charge is 0.191 e. The van der Waals surface area contributed by atoms with Crippen LogP contribution in [0, 0.1) is 0 Å². The number of aromatic nitrogens is 2. The Hall–Kier alpha value is -0.690. The minimum atomic E-state index is -0.175. The summed E-state index contributed by atoms with van der Waals surface area (Å²) in [5, 5.41) is 4.12. The molecule has 1 unspecified atom stereocenters. The number of halogens is 2. The molecule has 1 saturated heterocycles. The minimum Gasteiger partial charge on any atom is -0.298 e. The van der Waals surface area contributed by atoms with Crippen LogP contribution in [-0.4, -0.2) is 33.4 Å². The summed E-state index contributed by atoms with van der Waals surface area (Å²) in [6, 6.07) is 3.56. The van der Waals surface area contributed by atoms with Crippen molar-refractivity contribution >= 4 is 56.0 Å². The van der Waals surface area contributed by atoms with Crippen molar-refractivity contribution < 1.29 is 4.79 Å². The van der Waals surface area contributed by atoms with Crippen molar-refractivity contribution in [1.29, 1.82) is 0 Å². The standard InChI is InChI=1S/C12H9BrClN3OS/c13-8-3-7-9(16-5-17-11(7)14)4-6(8)10(18)12-15-1-2-19-12/h3-5,12,15H,1-2H2. The van der Waals surface area contributed by atoms with Gasteiger partial charge in [0.25, 0.3) is 0 Å². The van der Waals surface area contributed by atoms with Gasteiger partial charge in [-0.2, -0.15) is 0 Å². The topological polar surface area (TPSA) is 54.9 Å². The SMILES string of the molecule is O=C(c1cc2ncnc(Cl)c2cc1Br)C1NCCS1. The van der Waals surface area contributed by atoms with Crippen molar-refractivity contribution in [1.82, 2.24) is 15.3 Å². The van der Waals surface area contributed by atoms with Gasteiger partial charge >= 0.3 is 0 Å². The van der Waals surface area contributed by atoms with Crippen molar-refractivity contribution in [3.05, 3.63) is 33.6 Å². The van der Waals surface area contributed by atoms with Crippen LogP contribution in [-0.2, 0) is 0 Å². The zero-order chi connectivity index (χ0) is 13.4. The largest absolute Gasteiger partial charge is 0.298 e. The number of hydrogen-bond donors (Lipinski definition) is 1. The van der Waals surface area contributed by atoms with Crippen molar-refractivity contribution in [2.75, 3.05) is 12.3 Å². The molecule has 0 radical (unpaired) electrons. The molecule has 1 aromatic carbocycles. The van der Waals surface area contributed by atoms with Gasteiger partial charge in [0.15, 0.2) is 5.78 Å². The number of carbonyl (C=O) groups excluding carboxylic acids is 1. The van der Waals surface area contributed by atoms with E-state index in [0.717, 1.165) is 22.2 Å². The van der Waals surface area contributed by atoms with Gasteiger partial charge in [0.1, 0.15) is 16.9 Å². The van der Waals surface area contributed by atoms with Gasteiger partial charge in [-0.25, -0.2) is 9.97 Å². The molecule has 0 saturated carbocycles. The van der Waals surface area contributed by atoms with Gasteiger partial charge in [-0.1, -0.05) is 27.5 Å². The molecule has 0 amide bonds. The molecular weight excluding hydrogens is 350 g/mol. The van der Waals surface area contributed by atoms with Crippen molar-refractivity contribution in [2.45, 2.75) is 5.37 Å². The lowest BCUT2D eigenvalue weighted by Gasteiger charge is -2.11. The average molecular weight is 359 g/mol. The maximum atomic E-state index is 12.4. The molecule has 1 N–H and O–H groups in total. The van der Waals surface area contributed by atoms with E-state index in [1.54, 1.807) is 23.9 Å². The van der Waals surface area contributed by atoms with E-state index >= 15 is 0 Å². The molecule has 1 fully saturated rings. The average Bonchev–Trinajstić information content (AvgIpc) is 2.92. The predicted molar refractivity (Wildman–Crippen MR) is 80.8 cm³/mol. The summed E-state index contributed by atoms with van der Waals surface area (Å²) in [6.45, 7) is 0.861. The summed E-state index contributed by atoms with van der Waals surface area (Å²) in [5.41, 5.74) is 1.30. The summed E-state index contributed by atoms with van der Waals surface area (Å²) in [7, 11) is 0. The van der Waals surface area contributed by atoms with Crippen molar-refractivity contribution in [3.63, 3.8) is 0 Å². The quantitative estimate of drug-likeness (QED) is 0.661. The predicted octanol–water partition coefficient (Wildman–Crippen LogP) is 2.89. The molecule has 4 nitrogen and oxygen atoms in total. The second-order valence-electron chi connectivity index (χ2n) is 4.08. The van der Waals surface area contributed by atoms with Gasteiger partial charge in [0.05, 0.1) is 5.52 Å². The Labute approximate surface area is 127 Å². The highest BCUT2D eigenvalue weighted by Crippen LogP contribution is 2.29. The molecule has 98 valence electrons. The zero-order valence-electron chi connectivity index (χ0n) is 9.69. The first-order valence-electron chi connectivity index (χ1n) is 5.66. The number of hydrogen-bond acceptors (Lipinski definition) is 5. The van der Waals surface area contributed by atoms with Gasteiger partial charge in [-0.15, -0.1) is 11.8 Å². The van der Waals surface area contributed by atoms with Crippen LogP contribution in [0.2, 0.25) is 5.15 Å². The molecule has 19 heavy (non-hydrogen) atoms. The molecule has 0 bridgehead atoms. The van der Waals surface area contributed by atoms with Crippen LogP contribution in [0.5, 0.6) is 0 Å². The number of ketones is 1. The Morgan fingerprint density at radius 1 is 1.47 bits per heavy atom. The molecule has 1 atom stereocenters. The van der Waals surface area contributed by atoms with E-state index in [4.69, 9.17) is 11.6 Å². The summed E-state index contributed by atoms with van der Waals surface area (Å²) < 4.78 is 0.719. The third-order valence-electron chi connectivity index (χ3n) is 2.90. The van der Waals surface area contributed by atoms with E-state index < -0.39 is 0 Å². The van der Waals surface area contributed by atoms with Crippen LogP contribution in [0.3, 0.4) is 0 Å². The molecule has 3 rings (SSSR count). The number of rotatable bonds is 2. The zero-order valence-corrected chi connectivity index (χ0v) is 12.8. The lowest BCUT2D eigenvalue weighted by molar-refractivity contribution is 0.0981. The molecule has 1 aromatic heterocycles. The first-order valence-corrected chi connectivity index (χ1v) is 7.88. The van der Waals surface area contributed by atoms with Crippen LogP contribution in [0.15, 0.2) is 22.9 Å². The summed E-state index contributed by atoms with van der Waals surface area (Å²) >= 11 is 11.1. The highest BCUT2D eigenvalue weighted by molar-refractivity contribution is 9.10. The number of Topliss-reactive ketones (excluding diaryl/α,β-unsaturated/α-hetero) is 1. The van der Waals surface area contributed by atoms with Crippen LogP contribution in [0.25, 0.3) is 10.9 Å². The fourth-order valence-electron chi connectivity index (χ4n) is 1.97. The number of thioether (sulfide) groups is 1. The third-order valence-corrected chi connectivity index (χ3v) is 5.01. The first kappa shape index (κ1) is 13.3. The number of nitrogens with zero attached hydrogens (tertiary/aromatic N) is 2. The van der Waals surface area contributed by atoms with Crippen LogP contribution < -0.4 is 5.32 Å². The van der Waals surface area contributed by atoms with Crippen LogP contribution in [0.1, 0.15) is 10.4 Å². The Morgan fingerprint density at radius 3 is 3.05 bits per heavy atom. The minimum absolute atomic E-state index is 0.0611. The van der Waals surface area contributed by atoms with Crippen molar-refractivity contribution in [2.24, 2.45) is 0 Å². The molecule has 2 aromatic rings. The molecular formula is C12H9BrClN3OS. The van der Waals surface area contributed by atoms with E-state index in [2.05, 4.69) is 31.2 Å². The number of benzene rings is 1. The fourth-order valence-corrected chi connectivity index (χ4v) is 3.69. The second kappa shape index (κ2) is 5.36. The molecule has 1 aliphatic heterocycles. The van der Waals surface area contributed by atoms with Crippen LogP contribution >= 0.6 is 39.3 Å². The van der Waals surface area contributed by atoms with Gasteiger partial charge in [-0.05, 0) is 12.1 Å². The van der Waals surface area contributed by atoms with E-state index in [9.17, 15) is 4.79 Å².